The van der Waals surface area contributed by atoms with Gasteiger partial charge in [0.1, 0.15) is 0 Å². The van der Waals surface area contributed by atoms with Gasteiger partial charge in [-0.25, -0.2) is 0 Å². The summed E-state index contributed by atoms with van der Waals surface area (Å²) in [7, 11) is 0. The third-order valence-corrected chi connectivity index (χ3v) is 3.89. The highest BCUT2D eigenvalue weighted by Gasteiger charge is 2.26. The Kier molecular flexibility index (Phi) is 6.37. The van der Waals surface area contributed by atoms with Gasteiger partial charge in [0.05, 0.1) is 0 Å². The van der Waals surface area contributed by atoms with Gasteiger partial charge in [0, 0.05) is 18.1 Å². The smallest absolute Gasteiger partial charge is 0.0431 e. The number of hydrogen-bond donors (Lipinski definition) is 2. The van der Waals surface area contributed by atoms with E-state index in [-0.39, 0.29) is 5.41 Å². The molecule has 2 nitrogen and oxygen atoms in total. The number of unbranched alkanes of at least 4 members (excludes halogenated alkanes) is 2. The van der Waals surface area contributed by atoms with Gasteiger partial charge in [-0.05, 0) is 38.3 Å². The van der Waals surface area contributed by atoms with E-state index < -0.39 is 0 Å². The molecule has 102 valence electrons. The van der Waals surface area contributed by atoms with Gasteiger partial charge in [0.25, 0.3) is 0 Å². The fourth-order valence-electron chi connectivity index (χ4n) is 2.11. The van der Waals surface area contributed by atoms with Crippen LogP contribution in [0.25, 0.3) is 0 Å². The average Bonchev–Trinajstić information content (AvgIpc) is 2.39. The van der Waals surface area contributed by atoms with Crippen molar-refractivity contribution in [3.63, 3.8) is 0 Å². The fourth-order valence-corrected chi connectivity index (χ4v) is 2.11. The molecule has 1 atom stereocenters. The summed E-state index contributed by atoms with van der Waals surface area (Å²) in [5.41, 5.74) is 1.51. The predicted octanol–water partition coefficient (Wildman–Crippen LogP) is 3.10. The molecule has 1 rings (SSSR count). The summed E-state index contributed by atoms with van der Waals surface area (Å²) >= 11 is 0. The molecule has 2 heteroatoms. The van der Waals surface area contributed by atoms with Crippen molar-refractivity contribution in [1.29, 1.82) is 0 Å². The molecule has 0 aliphatic rings. The molecule has 0 bridgehead atoms. The molecule has 0 aromatic heterocycles. The third-order valence-electron chi connectivity index (χ3n) is 3.89. The first-order chi connectivity index (χ1) is 8.59. The minimum Gasteiger partial charge on any atom is -0.396 e. The second-order valence-electron chi connectivity index (χ2n) is 5.55. The molecule has 0 aliphatic carbocycles. The Morgan fingerprint density at radius 1 is 1.11 bits per heavy atom. The number of nitrogens with one attached hydrogen (secondary N) is 1. The molecule has 1 aromatic rings. The van der Waals surface area contributed by atoms with E-state index in [2.05, 4.69) is 56.4 Å². The molecular formula is C16H27NO. The van der Waals surface area contributed by atoms with Gasteiger partial charge in [0.15, 0.2) is 0 Å². The third kappa shape index (κ3) is 4.43. The highest BCUT2D eigenvalue weighted by molar-refractivity contribution is 5.25. The van der Waals surface area contributed by atoms with E-state index in [0.29, 0.717) is 12.6 Å². The van der Waals surface area contributed by atoms with Gasteiger partial charge in [-0.3, -0.25) is 0 Å². The molecule has 18 heavy (non-hydrogen) atoms. The number of hydrogen-bond acceptors (Lipinski definition) is 2. The lowest BCUT2D eigenvalue weighted by Crippen LogP contribution is -2.43. The Hall–Kier alpha value is -0.860. The maximum absolute atomic E-state index is 8.73. The van der Waals surface area contributed by atoms with Crippen LogP contribution in [0.15, 0.2) is 30.3 Å². The van der Waals surface area contributed by atoms with Crippen molar-refractivity contribution in [3.8, 4) is 0 Å². The molecule has 0 radical (unpaired) electrons. The van der Waals surface area contributed by atoms with Gasteiger partial charge in [-0.15, -0.1) is 0 Å². The van der Waals surface area contributed by atoms with Gasteiger partial charge in [0.2, 0.25) is 0 Å². The molecule has 0 spiro atoms. The van der Waals surface area contributed by atoms with E-state index >= 15 is 0 Å². The van der Waals surface area contributed by atoms with Gasteiger partial charge < -0.3 is 10.4 Å². The van der Waals surface area contributed by atoms with Gasteiger partial charge >= 0.3 is 0 Å². The zero-order chi connectivity index (χ0) is 13.4. The van der Waals surface area contributed by atoms with Crippen molar-refractivity contribution in [2.24, 2.45) is 0 Å². The van der Waals surface area contributed by atoms with Gasteiger partial charge in [-0.1, -0.05) is 44.2 Å². The number of aliphatic hydroxyl groups is 1. The second kappa shape index (κ2) is 7.55. The summed E-state index contributed by atoms with van der Waals surface area (Å²) in [5.74, 6) is 0. The molecule has 0 saturated carbocycles. The molecule has 1 unspecified atom stereocenters. The average molecular weight is 249 g/mol. The highest BCUT2D eigenvalue weighted by atomic mass is 16.2. The number of benzene rings is 1. The van der Waals surface area contributed by atoms with Crippen molar-refractivity contribution in [2.75, 3.05) is 13.2 Å². The minimum atomic E-state index is 0.137. The summed E-state index contributed by atoms with van der Waals surface area (Å²) in [4.78, 5) is 0. The second-order valence-corrected chi connectivity index (χ2v) is 5.55. The van der Waals surface area contributed by atoms with E-state index in [1.165, 1.54) is 5.56 Å². The van der Waals surface area contributed by atoms with Crippen molar-refractivity contribution in [3.05, 3.63) is 35.9 Å². The van der Waals surface area contributed by atoms with Crippen LogP contribution >= 0.6 is 0 Å². The molecule has 0 saturated heterocycles. The fraction of sp³-hybridized carbons (Fsp3) is 0.625. The van der Waals surface area contributed by atoms with Crippen LogP contribution in [0.3, 0.4) is 0 Å². The summed E-state index contributed by atoms with van der Waals surface area (Å²) in [6.45, 7) is 8.16. The van der Waals surface area contributed by atoms with Crippen LogP contribution in [-0.2, 0) is 5.41 Å². The number of rotatable bonds is 8. The minimum absolute atomic E-state index is 0.137. The first-order valence-electron chi connectivity index (χ1n) is 6.99. The molecule has 1 aromatic carbocycles. The monoisotopic (exact) mass is 249 g/mol. The zero-order valence-corrected chi connectivity index (χ0v) is 11.9. The van der Waals surface area contributed by atoms with Crippen molar-refractivity contribution >= 4 is 0 Å². The van der Waals surface area contributed by atoms with E-state index in [0.717, 1.165) is 25.8 Å². The van der Waals surface area contributed by atoms with Crippen molar-refractivity contribution < 1.29 is 5.11 Å². The van der Waals surface area contributed by atoms with Crippen LogP contribution in [0.2, 0.25) is 0 Å². The van der Waals surface area contributed by atoms with E-state index in [9.17, 15) is 0 Å². The summed E-state index contributed by atoms with van der Waals surface area (Å²) in [6.07, 6.45) is 3.15. The Morgan fingerprint density at radius 2 is 1.78 bits per heavy atom. The highest BCUT2D eigenvalue weighted by Crippen LogP contribution is 2.26. The molecule has 0 fully saturated rings. The Morgan fingerprint density at radius 3 is 2.39 bits per heavy atom. The maximum Gasteiger partial charge on any atom is 0.0431 e. The lowest BCUT2D eigenvalue weighted by molar-refractivity contribution is 0.281. The van der Waals surface area contributed by atoms with E-state index in [1.54, 1.807) is 0 Å². The quantitative estimate of drug-likeness (QED) is 0.694. The zero-order valence-electron chi connectivity index (χ0n) is 11.9. The van der Waals surface area contributed by atoms with Crippen LogP contribution in [0.1, 0.15) is 45.6 Å². The molecule has 0 aliphatic heterocycles. The Bertz CT molecular complexity index is 321. The van der Waals surface area contributed by atoms with Crippen LogP contribution in [0.5, 0.6) is 0 Å². The SMILES string of the molecule is CC(NCCCCCO)C(C)(C)c1ccccc1. The summed E-state index contributed by atoms with van der Waals surface area (Å²) < 4.78 is 0. The normalized spacial score (nSPS) is 13.6. The molecule has 0 heterocycles. The van der Waals surface area contributed by atoms with Crippen LogP contribution in [0.4, 0.5) is 0 Å². The number of aliphatic hydroxyl groups excluding tert-OH is 1. The van der Waals surface area contributed by atoms with Crippen molar-refractivity contribution in [2.45, 2.75) is 51.5 Å². The van der Waals surface area contributed by atoms with Crippen LogP contribution in [-0.4, -0.2) is 24.3 Å². The van der Waals surface area contributed by atoms with Crippen molar-refractivity contribution in [1.82, 2.24) is 5.32 Å². The lowest BCUT2D eigenvalue weighted by atomic mass is 9.78. The largest absolute Gasteiger partial charge is 0.396 e. The first kappa shape index (κ1) is 15.2. The van der Waals surface area contributed by atoms with Crippen LogP contribution in [0, 0.1) is 0 Å². The summed E-state index contributed by atoms with van der Waals surface area (Å²) in [5, 5.41) is 12.3. The Balaban J connectivity index is 2.42. The molecular weight excluding hydrogens is 222 g/mol. The standard InChI is InChI=1S/C16H27NO/c1-14(17-12-8-5-9-13-18)16(2,3)15-10-6-4-7-11-15/h4,6-7,10-11,14,17-18H,5,8-9,12-13H2,1-3H3. The molecule has 2 N–H and O–H groups in total. The predicted molar refractivity (Wildman–Crippen MR) is 77.9 cm³/mol. The van der Waals surface area contributed by atoms with Gasteiger partial charge in [-0.2, -0.15) is 0 Å². The maximum atomic E-state index is 8.73. The Labute approximate surface area is 111 Å². The summed E-state index contributed by atoms with van der Waals surface area (Å²) in [6, 6.07) is 11.1. The van der Waals surface area contributed by atoms with E-state index in [4.69, 9.17) is 5.11 Å². The first-order valence-corrected chi connectivity index (χ1v) is 6.99. The van der Waals surface area contributed by atoms with Crippen LogP contribution < -0.4 is 5.32 Å². The van der Waals surface area contributed by atoms with E-state index in [1.807, 2.05) is 0 Å². The topological polar surface area (TPSA) is 32.3 Å². The lowest BCUT2D eigenvalue weighted by Gasteiger charge is -2.33. The molecule has 0 amide bonds.